The molecule has 0 aromatic carbocycles. The number of rotatable bonds is 1. The average Bonchev–Trinajstić information content (AvgIpc) is 2.25. The Kier molecular flexibility index (Phi) is 3.80. The number of nitrogens with zero attached hydrogens (tertiary/aromatic N) is 1. The molecular weight excluding hydrogens is 186 g/mol. The molecule has 0 saturated carbocycles. The van der Waals surface area contributed by atoms with Crippen molar-refractivity contribution in [2.75, 3.05) is 6.54 Å². The number of hydrogen-bond donors (Lipinski definition) is 0. The van der Waals surface area contributed by atoms with Gasteiger partial charge < -0.3 is 4.90 Å². The van der Waals surface area contributed by atoms with E-state index in [0.29, 0.717) is 11.8 Å². The Balaban J connectivity index is 2.85. The van der Waals surface area contributed by atoms with E-state index in [1.54, 1.807) is 0 Å². The molecule has 0 bridgehead atoms. The fourth-order valence-corrected chi connectivity index (χ4v) is 2.35. The second kappa shape index (κ2) is 4.54. The lowest BCUT2D eigenvalue weighted by atomic mass is 9.89. The highest BCUT2D eigenvalue weighted by molar-refractivity contribution is 5.80. The van der Waals surface area contributed by atoms with Crippen LogP contribution in [0, 0.1) is 11.8 Å². The smallest absolute Gasteiger partial charge is 0.226 e. The van der Waals surface area contributed by atoms with Gasteiger partial charge in [-0.25, -0.2) is 0 Å². The predicted molar refractivity (Wildman–Crippen MR) is 63.6 cm³/mol. The highest BCUT2D eigenvalue weighted by atomic mass is 16.2. The van der Waals surface area contributed by atoms with Crippen LogP contribution in [0.25, 0.3) is 0 Å². The molecule has 1 amide bonds. The van der Waals surface area contributed by atoms with Crippen LogP contribution < -0.4 is 0 Å². The van der Waals surface area contributed by atoms with Gasteiger partial charge in [-0.05, 0) is 39.5 Å². The van der Waals surface area contributed by atoms with Crippen LogP contribution in [0.4, 0.5) is 0 Å². The minimum atomic E-state index is -0.0193. The van der Waals surface area contributed by atoms with E-state index in [0.717, 1.165) is 19.4 Å². The monoisotopic (exact) mass is 211 g/mol. The predicted octanol–water partition coefficient (Wildman–Crippen LogP) is 3.07. The summed E-state index contributed by atoms with van der Waals surface area (Å²) in [5, 5.41) is 0. The Labute approximate surface area is 94.0 Å². The molecule has 15 heavy (non-hydrogen) atoms. The van der Waals surface area contributed by atoms with Crippen LogP contribution in [0.15, 0.2) is 0 Å². The summed E-state index contributed by atoms with van der Waals surface area (Å²) in [6.45, 7) is 11.7. The van der Waals surface area contributed by atoms with E-state index in [1.165, 1.54) is 6.42 Å². The van der Waals surface area contributed by atoms with Crippen LogP contribution in [-0.2, 0) is 4.79 Å². The van der Waals surface area contributed by atoms with Crippen molar-refractivity contribution in [3.8, 4) is 0 Å². The van der Waals surface area contributed by atoms with Gasteiger partial charge in [0.2, 0.25) is 5.91 Å². The average molecular weight is 211 g/mol. The van der Waals surface area contributed by atoms with Gasteiger partial charge in [0.15, 0.2) is 0 Å². The van der Waals surface area contributed by atoms with Crippen molar-refractivity contribution in [1.29, 1.82) is 0 Å². The molecule has 2 heteroatoms. The summed E-state index contributed by atoms with van der Waals surface area (Å²) in [5.74, 6) is 1.09. The summed E-state index contributed by atoms with van der Waals surface area (Å²) in [4.78, 5) is 14.4. The summed E-state index contributed by atoms with van der Waals surface area (Å²) >= 11 is 0. The van der Waals surface area contributed by atoms with E-state index >= 15 is 0 Å². The lowest BCUT2D eigenvalue weighted by Gasteiger charge is -2.37. The van der Waals surface area contributed by atoms with E-state index in [1.807, 2.05) is 0 Å². The van der Waals surface area contributed by atoms with Gasteiger partial charge in [0.05, 0.1) is 0 Å². The summed E-state index contributed by atoms with van der Waals surface area (Å²) < 4.78 is 0. The first kappa shape index (κ1) is 12.5. The first-order chi connectivity index (χ1) is 6.84. The molecule has 1 heterocycles. The number of carbonyl (C=O) groups is 1. The fraction of sp³-hybridized carbons (Fsp3) is 0.923. The number of amides is 1. The molecule has 88 valence electrons. The Bertz CT molecular complexity index is 227. The molecule has 1 unspecified atom stereocenters. The maximum absolute atomic E-state index is 12.4. The first-order valence-corrected chi connectivity index (χ1v) is 6.15. The molecular formula is C13H25NO. The third-order valence-corrected chi connectivity index (χ3v) is 3.34. The van der Waals surface area contributed by atoms with E-state index in [-0.39, 0.29) is 11.5 Å². The SMILES string of the molecule is CC(C)C1CCCCN(C(C)(C)C)C1=O. The van der Waals surface area contributed by atoms with Gasteiger partial charge in [-0.1, -0.05) is 20.3 Å². The summed E-state index contributed by atoms with van der Waals surface area (Å²) in [7, 11) is 0. The van der Waals surface area contributed by atoms with Crippen molar-refractivity contribution in [3.63, 3.8) is 0 Å². The van der Waals surface area contributed by atoms with E-state index in [2.05, 4.69) is 39.5 Å². The summed E-state index contributed by atoms with van der Waals surface area (Å²) in [5.41, 5.74) is -0.0193. The third-order valence-electron chi connectivity index (χ3n) is 3.34. The first-order valence-electron chi connectivity index (χ1n) is 6.15. The molecule has 1 aliphatic rings. The molecule has 2 nitrogen and oxygen atoms in total. The number of likely N-dealkylation sites (tertiary alicyclic amines) is 1. The standard InChI is InChI=1S/C13H25NO/c1-10(2)11-8-6-7-9-14(12(11)15)13(3,4)5/h10-11H,6-9H2,1-5H3. The molecule has 0 radical (unpaired) electrons. The minimum Gasteiger partial charge on any atom is -0.338 e. The van der Waals surface area contributed by atoms with Crippen molar-refractivity contribution < 1.29 is 4.79 Å². The van der Waals surface area contributed by atoms with Gasteiger partial charge in [-0.2, -0.15) is 0 Å². The van der Waals surface area contributed by atoms with Crippen LogP contribution in [0.1, 0.15) is 53.9 Å². The van der Waals surface area contributed by atoms with Crippen molar-refractivity contribution in [3.05, 3.63) is 0 Å². The molecule has 0 aliphatic carbocycles. The number of carbonyl (C=O) groups excluding carboxylic acids is 1. The largest absolute Gasteiger partial charge is 0.338 e. The Morgan fingerprint density at radius 1 is 1.27 bits per heavy atom. The zero-order valence-electron chi connectivity index (χ0n) is 10.8. The number of hydrogen-bond acceptors (Lipinski definition) is 1. The molecule has 1 rings (SSSR count). The molecule has 0 aromatic rings. The van der Waals surface area contributed by atoms with Gasteiger partial charge in [-0.15, -0.1) is 0 Å². The molecule has 0 aromatic heterocycles. The van der Waals surface area contributed by atoms with Crippen LogP contribution >= 0.6 is 0 Å². The maximum Gasteiger partial charge on any atom is 0.226 e. The van der Waals surface area contributed by atoms with Crippen molar-refractivity contribution in [2.45, 2.75) is 59.4 Å². The summed E-state index contributed by atoms with van der Waals surface area (Å²) in [6.07, 6.45) is 3.43. The fourth-order valence-electron chi connectivity index (χ4n) is 2.35. The Morgan fingerprint density at radius 2 is 1.87 bits per heavy atom. The van der Waals surface area contributed by atoms with Gasteiger partial charge in [0, 0.05) is 18.0 Å². The molecule has 1 aliphatic heterocycles. The van der Waals surface area contributed by atoms with Crippen LogP contribution in [0.2, 0.25) is 0 Å². The third kappa shape index (κ3) is 2.96. The van der Waals surface area contributed by atoms with Crippen molar-refractivity contribution in [2.24, 2.45) is 11.8 Å². The maximum atomic E-state index is 12.4. The minimum absolute atomic E-state index is 0.0193. The van der Waals surface area contributed by atoms with Gasteiger partial charge >= 0.3 is 0 Å². The van der Waals surface area contributed by atoms with E-state index < -0.39 is 0 Å². The zero-order chi connectivity index (χ0) is 11.6. The normalized spacial score (nSPS) is 24.5. The van der Waals surface area contributed by atoms with Crippen LogP contribution in [-0.4, -0.2) is 22.9 Å². The summed E-state index contributed by atoms with van der Waals surface area (Å²) in [6, 6.07) is 0. The highest BCUT2D eigenvalue weighted by Crippen LogP contribution is 2.28. The molecule has 1 saturated heterocycles. The van der Waals surface area contributed by atoms with Gasteiger partial charge in [0.1, 0.15) is 0 Å². The second-order valence-corrected chi connectivity index (χ2v) is 6.01. The topological polar surface area (TPSA) is 20.3 Å². The van der Waals surface area contributed by atoms with Gasteiger partial charge in [0.25, 0.3) is 0 Å². The van der Waals surface area contributed by atoms with Crippen molar-refractivity contribution >= 4 is 5.91 Å². The molecule has 0 N–H and O–H groups in total. The second-order valence-electron chi connectivity index (χ2n) is 6.01. The Hall–Kier alpha value is -0.530. The molecule has 1 atom stereocenters. The van der Waals surface area contributed by atoms with Crippen molar-refractivity contribution in [1.82, 2.24) is 4.90 Å². The van der Waals surface area contributed by atoms with E-state index in [9.17, 15) is 4.79 Å². The zero-order valence-corrected chi connectivity index (χ0v) is 10.8. The lowest BCUT2D eigenvalue weighted by molar-refractivity contribution is -0.141. The Morgan fingerprint density at radius 3 is 2.33 bits per heavy atom. The van der Waals surface area contributed by atoms with E-state index in [4.69, 9.17) is 0 Å². The van der Waals surface area contributed by atoms with Crippen LogP contribution in [0.5, 0.6) is 0 Å². The lowest BCUT2D eigenvalue weighted by Crippen LogP contribution is -2.48. The molecule has 0 spiro atoms. The highest BCUT2D eigenvalue weighted by Gasteiger charge is 2.34. The van der Waals surface area contributed by atoms with Crippen LogP contribution in [0.3, 0.4) is 0 Å². The quantitative estimate of drug-likeness (QED) is 0.652. The molecule has 1 fully saturated rings. The van der Waals surface area contributed by atoms with Gasteiger partial charge in [-0.3, -0.25) is 4.79 Å².